The highest BCUT2D eigenvalue weighted by Gasteiger charge is 2.57. The van der Waals surface area contributed by atoms with E-state index in [2.05, 4.69) is 20.6 Å². The molecule has 1 saturated carbocycles. The van der Waals surface area contributed by atoms with E-state index >= 15 is 0 Å². The molecule has 45 heavy (non-hydrogen) atoms. The normalized spacial score (nSPS) is 17.2. The first-order valence-corrected chi connectivity index (χ1v) is 14.2. The molecule has 4 aromatic rings. The maximum atomic E-state index is 14.8. The topological polar surface area (TPSA) is 123 Å². The van der Waals surface area contributed by atoms with Gasteiger partial charge in [-0.1, -0.05) is 6.07 Å². The second-order valence-electron chi connectivity index (χ2n) is 11.1. The number of aliphatic hydroxyl groups is 1. The maximum absolute atomic E-state index is 14.8. The summed E-state index contributed by atoms with van der Waals surface area (Å²) in [5.41, 5.74) is -3.60. The Morgan fingerprint density at radius 3 is 2.56 bits per heavy atom. The number of nitrogens with zero attached hydrogens (tertiary/aromatic N) is 2. The second-order valence-corrected chi connectivity index (χ2v) is 11.1. The van der Waals surface area contributed by atoms with E-state index in [-0.39, 0.29) is 58.9 Å². The van der Waals surface area contributed by atoms with Gasteiger partial charge in [-0.2, -0.15) is 13.2 Å². The Morgan fingerprint density at radius 2 is 1.87 bits per heavy atom. The lowest BCUT2D eigenvalue weighted by atomic mass is 9.90. The fourth-order valence-electron chi connectivity index (χ4n) is 5.30. The fraction of sp³-hybridized carbons (Fsp3) is 0.312. The van der Waals surface area contributed by atoms with E-state index in [0.29, 0.717) is 10.9 Å². The molecule has 0 bridgehead atoms. The van der Waals surface area contributed by atoms with Crippen molar-refractivity contribution in [3.63, 3.8) is 0 Å². The number of nitrogens with one attached hydrogen (secondary N) is 2. The zero-order chi connectivity index (χ0) is 31.9. The van der Waals surface area contributed by atoms with Crippen LogP contribution in [0.4, 0.5) is 17.6 Å². The first-order chi connectivity index (χ1) is 21.5. The van der Waals surface area contributed by atoms with Crippen LogP contribution in [-0.2, 0) is 10.4 Å². The van der Waals surface area contributed by atoms with Crippen LogP contribution in [-0.4, -0.2) is 59.4 Å². The van der Waals surface area contributed by atoms with Crippen LogP contribution < -0.4 is 20.1 Å². The smallest absolute Gasteiger partial charge is 0.424 e. The third-order valence-corrected chi connectivity index (χ3v) is 7.91. The summed E-state index contributed by atoms with van der Waals surface area (Å²) in [6.45, 7) is -1.29. The van der Waals surface area contributed by atoms with Crippen LogP contribution in [0.25, 0.3) is 22.2 Å². The number of alkyl halides is 3. The zero-order valence-electron chi connectivity index (χ0n) is 24.0. The van der Waals surface area contributed by atoms with Gasteiger partial charge in [0.25, 0.3) is 5.91 Å². The van der Waals surface area contributed by atoms with E-state index in [1.54, 1.807) is 12.1 Å². The molecule has 3 heterocycles. The van der Waals surface area contributed by atoms with Crippen LogP contribution in [0.3, 0.4) is 0 Å². The minimum absolute atomic E-state index is 0.00736. The van der Waals surface area contributed by atoms with Gasteiger partial charge < -0.3 is 25.2 Å². The molecule has 0 spiro atoms. The largest absolute Gasteiger partial charge is 0.494 e. The molecular formula is C32H28F4N4O5. The molecule has 1 unspecified atom stereocenters. The lowest BCUT2D eigenvalue weighted by molar-refractivity contribution is -0.265. The van der Waals surface area contributed by atoms with Crippen molar-refractivity contribution in [1.82, 2.24) is 20.6 Å². The average molecular weight is 625 g/mol. The van der Waals surface area contributed by atoms with Gasteiger partial charge in [0.1, 0.15) is 28.5 Å². The first kappa shape index (κ1) is 30.3. The number of methoxy groups -OCH3 is 1. The van der Waals surface area contributed by atoms with Gasteiger partial charge in [-0.3, -0.25) is 14.6 Å². The predicted octanol–water partition coefficient (Wildman–Crippen LogP) is 4.77. The summed E-state index contributed by atoms with van der Waals surface area (Å²) in [7, 11) is 1.37. The highest BCUT2D eigenvalue weighted by Crippen LogP contribution is 2.46. The molecule has 9 nitrogen and oxygen atoms in total. The highest BCUT2D eigenvalue weighted by molar-refractivity contribution is 5.99. The quantitative estimate of drug-likeness (QED) is 0.230. The summed E-state index contributed by atoms with van der Waals surface area (Å²) >= 11 is 0. The summed E-state index contributed by atoms with van der Waals surface area (Å²) in [5, 5.41) is 16.9. The summed E-state index contributed by atoms with van der Waals surface area (Å²) in [6.07, 6.45) is -2.10. The van der Waals surface area contributed by atoms with Crippen LogP contribution >= 0.6 is 0 Å². The minimum Gasteiger partial charge on any atom is -0.494 e. The lowest BCUT2D eigenvalue weighted by Gasteiger charge is -2.31. The third-order valence-electron chi connectivity index (χ3n) is 7.91. The Kier molecular flexibility index (Phi) is 7.81. The molecule has 3 N–H and O–H groups in total. The minimum atomic E-state index is -5.30. The van der Waals surface area contributed by atoms with Gasteiger partial charge in [0.2, 0.25) is 11.5 Å². The lowest BCUT2D eigenvalue weighted by Crippen LogP contribution is -2.51. The van der Waals surface area contributed by atoms with Gasteiger partial charge in [0.05, 0.1) is 26.0 Å². The predicted molar refractivity (Wildman–Crippen MR) is 154 cm³/mol. The van der Waals surface area contributed by atoms with E-state index in [0.717, 1.165) is 31.0 Å². The van der Waals surface area contributed by atoms with Crippen molar-refractivity contribution in [2.75, 3.05) is 20.3 Å². The number of hydrogen-bond donors (Lipinski definition) is 3. The van der Waals surface area contributed by atoms with Gasteiger partial charge >= 0.3 is 6.18 Å². The van der Waals surface area contributed by atoms with Crippen molar-refractivity contribution >= 4 is 22.7 Å². The van der Waals surface area contributed by atoms with Crippen molar-refractivity contribution < 1.29 is 41.7 Å². The molecule has 13 heteroatoms. The number of ether oxygens (including phenoxy) is 2. The van der Waals surface area contributed by atoms with Gasteiger partial charge in [-0.25, -0.2) is 9.37 Å². The molecule has 234 valence electrons. The van der Waals surface area contributed by atoms with Crippen molar-refractivity contribution in [2.24, 2.45) is 0 Å². The summed E-state index contributed by atoms with van der Waals surface area (Å²) in [6, 6.07) is 12.1. The van der Waals surface area contributed by atoms with Crippen LogP contribution in [0.2, 0.25) is 0 Å². The van der Waals surface area contributed by atoms with E-state index < -0.39 is 41.7 Å². The van der Waals surface area contributed by atoms with Gasteiger partial charge in [0.15, 0.2) is 0 Å². The number of carbonyl (C=O) groups excluding carboxylic acids is 2. The Hall–Kier alpha value is -4.78. The zero-order valence-corrected chi connectivity index (χ0v) is 24.0. The molecule has 1 aliphatic heterocycles. The van der Waals surface area contributed by atoms with Crippen molar-refractivity contribution in [3.8, 4) is 22.8 Å². The van der Waals surface area contributed by atoms with Crippen LogP contribution in [0.15, 0.2) is 60.8 Å². The van der Waals surface area contributed by atoms with E-state index in [1.165, 1.54) is 37.6 Å². The van der Waals surface area contributed by atoms with Crippen LogP contribution in [0, 0.1) is 5.82 Å². The van der Waals surface area contributed by atoms with Gasteiger partial charge in [0, 0.05) is 46.7 Å². The molecule has 0 saturated heterocycles. The van der Waals surface area contributed by atoms with Gasteiger partial charge in [-0.15, -0.1) is 0 Å². The molecule has 0 radical (unpaired) electrons. The summed E-state index contributed by atoms with van der Waals surface area (Å²) < 4.78 is 69.1. The monoisotopic (exact) mass is 624 g/mol. The highest BCUT2D eigenvalue weighted by atomic mass is 19.4. The number of aromatic nitrogens is 2. The molecule has 2 aromatic heterocycles. The van der Waals surface area contributed by atoms with Crippen molar-refractivity contribution in [2.45, 2.75) is 43.0 Å². The molecule has 2 aromatic carbocycles. The molecule has 2 atom stereocenters. The number of amides is 2. The van der Waals surface area contributed by atoms with Crippen LogP contribution in [0.1, 0.15) is 46.8 Å². The summed E-state index contributed by atoms with van der Waals surface area (Å²) in [4.78, 5) is 34.2. The fourth-order valence-corrected chi connectivity index (χ4v) is 5.30. The second kappa shape index (κ2) is 11.6. The SMILES string of the molecule is COc1cc(C(=O)NCC(O)(c2cc3c(c(-c4ccc(F)cc4)n2)OC[C@H]3CC(=O)NC2CC2)C(F)(F)F)cc2cccnc12. The molecule has 1 aliphatic carbocycles. The molecule has 1 fully saturated rings. The Morgan fingerprint density at radius 1 is 1.11 bits per heavy atom. The first-order valence-electron chi connectivity index (χ1n) is 14.2. The average Bonchev–Trinajstić information content (AvgIpc) is 3.75. The van der Waals surface area contributed by atoms with Crippen molar-refractivity contribution in [1.29, 1.82) is 0 Å². The Balaban J connectivity index is 1.37. The Labute approximate surface area is 254 Å². The number of carbonyl (C=O) groups is 2. The molecule has 6 rings (SSSR count). The molecular weight excluding hydrogens is 596 g/mol. The third kappa shape index (κ3) is 5.99. The number of benzene rings is 2. The van der Waals surface area contributed by atoms with E-state index in [1.807, 2.05) is 0 Å². The number of halogens is 4. The summed E-state index contributed by atoms with van der Waals surface area (Å²) in [5.74, 6) is -2.01. The maximum Gasteiger partial charge on any atom is 0.424 e. The number of rotatable bonds is 9. The number of pyridine rings is 2. The van der Waals surface area contributed by atoms with Crippen LogP contribution in [0.5, 0.6) is 11.5 Å². The van der Waals surface area contributed by atoms with E-state index in [9.17, 15) is 32.3 Å². The number of hydrogen-bond acceptors (Lipinski definition) is 7. The molecule has 2 aliphatic rings. The van der Waals surface area contributed by atoms with Gasteiger partial charge in [-0.05, 0) is 61.4 Å². The molecule has 2 amide bonds. The van der Waals surface area contributed by atoms with Crippen molar-refractivity contribution in [3.05, 3.63) is 83.4 Å². The van der Waals surface area contributed by atoms with E-state index in [4.69, 9.17) is 9.47 Å². The number of fused-ring (bicyclic) bond motifs is 2. The standard InChI is InChI=1S/C32H28F4N4O5/c1-44-24-12-19(11-18-3-2-10-37-27(18)24)30(42)38-16-31(43,32(34,35)36)25-14-23-20(13-26(41)39-22-8-9-22)15-45-29(23)28(40-25)17-4-6-21(33)7-5-17/h2-7,10-12,14,20,22,43H,8-9,13,15-16H2,1H3,(H,38,42)(H,39,41)/t20-,31?/m1/s1. The Bertz CT molecular complexity index is 1780.